The molecular formula is C37H36O6. The molecule has 0 N–H and O–H groups in total. The second-order valence-electron chi connectivity index (χ2n) is 10.3. The Hall–Kier alpha value is -4.84. The highest BCUT2D eigenvalue weighted by Gasteiger charge is 2.42. The van der Waals surface area contributed by atoms with Gasteiger partial charge in [0.15, 0.2) is 0 Å². The van der Waals surface area contributed by atoms with Gasteiger partial charge in [0.25, 0.3) is 0 Å². The van der Waals surface area contributed by atoms with Crippen molar-refractivity contribution in [1.82, 2.24) is 0 Å². The third-order valence-corrected chi connectivity index (χ3v) is 7.80. The molecule has 0 spiro atoms. The van der Waals surface area contributed by atoms with E-state index in [9.17, 15) is 9.59 Å². The second-order valence-corrected chi connectivity index (χ2v) is 10.3. The zero-order valence-electron chi connectivity index (χ0n) is 24.4. The van der Waals surface area contributed by atoms with E-state index in [1.165, 1.54) is 33.4 Å². The van der Waals surface area contributed by atoms with E-state index in [-0.39, 0.29) is 31.2 Å². The summed E-state index contributed by atoms with van der Waals surface area (Å²) in [6.07, 6.45) is 3.36. The number of carbonyl (C=O) groups excluding carboxylic acids is 2. The maximum absolute atomic E-state index is 11.4. The summed E-state index contributed by atoms with van der Waals surface area (Å²) < 4.78 is 21.8. The molecule has 0 aromatic heterocycles. The maximum atomic E-state index is 11.4. The molecule has 1 aliphatic carbocycles. The normalized spacial score (nSPS) is 15.3. The summed E-state index contributed by atoms with van der Waals surface area (Å²) in [7, 11) is 0. The van der Waals surface area contributed by atoms with Crippen LogP contribution in [0.5, 0.6) is 11.5 Å². The van der Waals surface area contributed by atoms with Crippen molar-refractivity contribution in [3.63, 3.8) is 0 Å². The van der Waals surface area contributed by atoms with Gasteiger partial charge in [-0.2, -0.15) is 0 Å². The number of hydrogen-bond donors (Lipinski definition) is 0. The number of ether oxygens (including phenoxy) is 4. The van der Waals surface area contributed by atoms with E-state index >= 15 is 0 Å². The van der Waals surface area contributed by atoms with Crippen molar-refractivity contribution in [2.45, 2.75) is 31.6 Å². The molecular weight excluding hydrogens is 540 g/mol. The molecule has 0 amide bonds. The van der Waals surface area contributed by atoms with Crippen LogP contribution in [0.4, 0.5) is 0 Å². The van der Waals surface area contributed by atoms with E-state index < -0.39 is 5.97 Å². The van der Waals surface area contributed by atoms with Gasteiger partial charge in [-0.1, -0.05) is 86.3 Å². The minimum Gasteiger partial charge on any atom is -0.490 e. The molecule has 4 aromatic rings. The van der Waals surface area contributed by atoms with Crippen LogP contribution in [-0.2, 0) is 30.9 Å². The van der Waals surface area contributed by atoms with Crippen molar-refractivity contribution >= 4 is 11.9 Å². The quantitative estimate of drug-likeness (QED) is 0.0963. The lowest BCUT2D eigenvalue weighted by atomic mass is 9.70. The fourth-order valence-corrected chi connectivity index (χ4v) is 5.70. The molecule has 220 valence electrons. The van der Waals surface area contributed by atoms with Crippen LogP contribution in [0, 0.1) is 0 Å². The molecule has 0 radical (unpaired) electrons. The molecule has 0 bridgehead atoms. The number of hydrogen-bond acceptors (Lipinski definition) is 6. The predicted octanol–water partition coefficient (Wildman–Crippen LogP) is 7.07. The average molecular weight is 577 g/mol. The van der Waals surface area contributed by atoms with Crippen LogP contribution in [0.2, 0.25) is 0 Å². The number of rotatable bonds is 13. The standard InChI is InChI=1S/C37H36O6/c1-3-35(38)42-24-22-40-32-15-11-30(12-16-32)37(31-13-17-33(18-14-31)41-23-25-43-36(39)4-2)21-20-29-26-28(10-19-34(29)37)27-8-6-5-7-9-27/h3,5-19,26H,1,4,20-25H2,2H3. The molecule has 1 aliphatic rings. The highest BCUT2D eigenvalue weighted by atomic mass is 16.6. The summed E-state index contributed by atoms with van der Waals surface area (Å²) in [6.45, 7) is 6.11. The van der Waals surface area contributed by atoms with Gasteiger partial charge >= 0.3 is 11.9 Å². The smallest absolute Gasteiger partial charge is 0.330 e. The highest BCUT2D eigenvalue weighted by Crippen LogP contribution is 2.50. The Morgan fingerprint density at radius 2 is 1.35 bits per heavy atom. The van der Waals surface area contributed by atoms with Crippen molar-refractivity contribution in [1.29, 1.82) is 0 Å². The Kier molecular flexibility index (Phi) is 9.57. The molecule has 0 heterocycles. The zero-order chi connectivity index (χ0) is 30.1. The lowest BCUT2D eigenvalue weighted by Crippen LogP contribution is -2.26. The van der Waals surface area contributed by atoms with Crippen LogP contribution in [0.15, 0.2) is 110 Å². The van der Waals surface area contributed by atoms with Gasteiger partial charge in [0.05, 0.1) is 0 Å². The number of fused-ring (bicyclic) bond motifs is 1. The fourth-order valence-electron chi connectivity index (χ4n) is 5.70. The van der Waals surface area contributed by atoms with Crippen LogP contribution < -0.4 is 9.47 Å². The molecule has 0 aliphatic heterocycles. The molecule has 43 heavy (non-hydrogen) atoms. The molecule has 6 heteroatoms. The van der Waals surface area contributed by atoms with Crippen molar-refractivity contribution < 1.29 is 28.5 Å². The first-order valence-electron chi connectivity index (χ1n) is 14.6. The fraction of sp³-hybridized carbons (Fsp3) is 0.243. The summed E-state index contributed by atoms with van der Waals surface area (Å²) >= 11 is 0. The SMILES string of the molecule is C=CC(=O)OCCOc1ccc(C2(c3ccc(OCCOC(=O)CC)cc3)CCc3cc(-c4ccccc4)ccc32)cc1. The van der Waals surface area contributed by atoms with Crippen LogP contribution in [0.3, 0.4) is 0 Å². The van der Waals surface area contributed by atoms with Crippen molar-refractivity contribution in [3.05, 3.63) is 132 Å². The van der Waals surface area contributed by atoms with Crippen LogP contribution in [0.25, 0.3) is 11.1 Å². The lowest BCUT2D eigenvalue weighted by Gasteiger charge is -2.32. The first kappa shape index (κ1) is 29.6. The Bertz CT molecular complexity index is 1540. The van der Waals surface area contributed by atoms with Gasteiger partial charge < -0.3 is 18.9 Å². The summed E-state index contributed by atoms with van der Waals surface area (Å²) in [5.74, 6) is 0.736. The summed E-state index contributed by atoms with van der Waals surface area (Å²) in [4.78, 5) is 22.7. The van der Waals surface area contributed by atoms with E-state index in [1.54, 1.807) is 6.92 Å². The number of benzene rings is 4. The first-order valence-corrected chi connectivity index (χ1v) is 14.6. The molecule has 0 saturated carbocycles. The third kappa shape index (κ3) is 6.81. The van der Waals surface area contributed by atoms with Crippen molar-refractivity contribution in [2.75, 3.05) is 26.4 Å². The summed E-state index contributed by atoms with van der Waals surface area (Å²) in [6, 6.07) is 33.7. The topological polar surface area (TPSA) is 71.1 Å². The van der Waals surface area contributed by atoms with E-state index in [0.29, 0.717) is 18.8 Å². The molecule has 4 aromatic carbocycles. The van der Waals surface area contributed by atoms with Gasteiger partial charge in [-0.05, 0) is 70.5 Å². The minimum atomic E-state index is -0.465. The Morgan fingerprint density at radius 1 is 0.744 bits per heavy atom. The van der Waals surface area contributed by atoms with Gasteiger partial charge in [-0.3, -0.25) is 4.79 Å². The Balaban J connectivity index is 1.42. The third-order valence-electron chi connectivity index (χ3n) is 7.80. The van der Waals surface area contributed by atoms with Crippen LogP contribution in [0.1, 0.15) is 42.0 Å². The zero-order valence-corrected chi connectivity index (χ0v) is 24.4. The number of aryl methyl sites for hydroxylation is 1. The van der Waals surface area contributed by atoms with Gasteiger partial charge in [0.1, 0.15) is 37.9 Å². The van der Waals surface area contributed by atoms with E-state index in [2.05, 4.69) is 73.3 Å². The molecule has 1 unspecified atom stereocenters. The molecule has 0 fully saturated rings. The molecule has 6 nitrogen and oxygen atoms in total. The van der Waals surface area contributed by atoms with Gasteiger partial charge in [0.2, 0.25) is 0 Å². The lowest BCUT2D eigenvalue weighted by molar-refractivity contribution is -0.144. The first-order chi connectivity index (χ1) is 21.0. The number of esters is 2. The van der Waals surface area contributed by atoms with E-state index in [4.69, 9.17) is 18.9 Å². The summed E-state index contributed by atoms with van der Waals surface area (Å²) in [5, 5.41) is 0. The maximum Gasteiger partial charge on any atom is 0.330 e. The van der Waals surface area contributed by atoms with Gasteiger partial charge in [-0.15, -0.1) is 0 Å². The second kappa shape index (κ2) is 13.9. The molecule has 5 rings (SSSR count). The Labute approximate surface area is 252 Å². The average Bonchev–Trinajstić information content (AvgIpc) is 3.45. The van der Waals surface area contributed by atoms with E-state index in [1.807, 2.05) is 30.3 Å². The number of carbonyl (C=O) groups is 2. The van der Waals surface area contributed by atoms with Gasteiger partial charge in [-0.25, -0.2) is 4.79 Å². The van der Waals surface area contributed by atoms with E-state index in [0.717, 1.165) is 24.7 Å². The van der Waals surface area contributed by atoms with Crippen LogP contribution in [-0.4, -0.2) is 38.4 Å². The van der Waals surface area contributed by atoms with Crippen molar-refractivity contribution in [2.24, 2.45) is 0 Å². The monoisotopic (exact) mass is 576 g/mol. The predicted molar refractivity (Wildman–Crippen MR) is 166 cm³/mol. The molecule has 0 saturated heterocycles. The van der Waals surface area contributed by atoms with Crippen molar-refractivity contribution in [3.8, 4) is 22.6 Å². The van der Waals surface area contributed by atoms with Crippen LogP contribution >= 0.6 is 0 Å². The Morgan fingerprint density at radius 3 is 1.93 bits per heavy atom. The molecule has 1 atom stereocenters. The largest absolute Gasteiger partial charge is 0.490 e. The minimum absolute atomic E-state index is 0.156. The van der Waals surface area contributed by atoms with Gasteiger partial charge in [0, 0.05) is 17.9 Å². The highest BCUT2D eigenvalue weighted by molar-refractivity contribution is 5.81. The summed E-state index contributed by atoms with van der Waals surface area (Å²) in [5.41, 5.74) is 7.04.